The Bertz CT molecular complexity index is 1390. The van der Waals surface area contributed by atoms with Gasteiger partial charge >= 0.3 is 12.0 Å². The Hall–Kier alpha value is -4.27. The van der Waals surface area contributed by atoms with Crippen LogP contribution in [0.15, 0.2) is 72.8 Å². The van der Waals surface area contributed by atoms with Gasteiger partial charge in [-0.2, -0.15) is 0 Å². The standard InChI is InChI=1S/C30H29F2N3O4/c1-39-28(37)30(14-17-33(18-15-30)29(38)34-16-13-21-5-2-3-8-26(21)34)20-27(36)35(24-11-9-22(31)10-12-24)25-7-4-6-23(32)19-25/h2-12,19H,13-18,20H2,1H3. The number of piperidine rings is 1. The van der Waals surface area contributed by atoms with E-state index in [9.17, 15) is 23.2 Å². The zero-order chi connectivity index (χ0) is 27.6. The summed E-state index contributed by atoms with van der Waals surface area (Å²) in [6.45, 7) is 1.14. The van der Waals surface area contributed by atoms with Crippen molar-refractivity contribution in [3.05, 3.63) is 90.0 Å². The highest BCUT2D eigenvalue weighted by atomic mass is 19.1. The van der Waals surface area contributed by atoms with Crippen LogP contribution in [0.4, 0.5) is 30.6 Å². The second-order valence-corrected chi connectivity index (χ2v) is 9.93. The van der Waals surface area contributed by atoms with Crippen LogP contribution < -0.4 is 9.80 Å². The predicted octanol–water partition coefficient (Wildman–Crippen LogP) is 5.46. The molecule has 0 atom stereocenters. The van der Waals surface area contributed by atoms with E-state index in [4.69, 9.17) is 4.74 Å². The predicted molar refractivity (Wildman–Crippen MR) is 143 cm³/mol. The van der Waals surface area contributed by atoms with E-state index in [-0.39, 0.29) is 44.1 Å². The van der Waals surface area contributed by atoms with E-state index >= 15 is 0 Å². The van der Waals surface area contributed by atoms with Gasteiger partial charge in [0.2, 0.25) is 5.91 Å². The van der Waals surface area contributed by atoms with Crippen LogP contribution in [0.25, 0.3) is 0 Å². The van der Waals surface area contributed by atoms with Crippen molar-refractivity contribution >= 4 is 35.0 Å². The highest BCUT2D eigenvalue weighted by Gasteiger charge is 2.46. The van der Waals surface area contributed by atoms with Crippen LogP contribution in [0.3, 0.4) is 0 Å². The Morgan fingerprint density at radius 3 is 2.28 bits per heavy atom. The number of likely N-dealkylation sites (tertiary alicyclic amines) is 1. The first-order valence-corrected chi connectivity index (χ1v) is 12.9. The van der Waals surface area contributed by atoms with Crippen molar-refractivity contribution in [1.29, 1.82) is 0 Å². The lowest BCUT2D eigenvalue weighted by Gasteiger charge is -2.41. The summed E-state index contributed by atoms with van der Waals surface area (Å²) >= 11 is 0. The number of methoxy groups -OCH3 is 1. The molecule has 0 spiro atoms. The van der Waals surface area contributed by atoms with Crippen molar-refractivity contribution in [1.82, 2.24) is 4.90 Å². The first-order chi connectivity index (χ1) is 18.8. The smallest absolute Gasteiger partial charge is 0.324 e. The van der Waals surface area contributed by atoms with Crippen molar-refractivity contribution in [3.8, 4) is 0 Å². The van der Waals surface area contributed by atoms with E-state index < -0.39 is 28.9 Å². The summed E-state index contributed by atoms with van der Waals surface area (Å²) in [7, 11) is 1.28. The summed E-state index contributed by atoms with van der Waals surface area (Å²) in [5.74, 6) is -2.02. The van der Waals surface area contributed by atoms with Crippen LogP contribution in [0.1, 0.15) is 24.8 Å². The minimum absolute atomic E-state index is 0.127. The van der Waals surface area contributed by atoms with Gasteiger partial charge in [-0.25, -0.2) is 13.6 Å². The molecule has 7 nitrogen and oxygen atoms in total. The van der Waals surface area contributed by atoms with Crippen molar-refractivity contribution < 1.29 is 27.9 Å². The number of carbonyl (C=O) groups is 3. The molecule has 0 aromatic heterocycles. The van der Waals surface area contributed by atoms with Gasteiger partial charge in [-0.1, -0.05) is 24.3 Å². The molecule has 2 aliphatic rings. The summed E-state index contributed by atoms with van der Waals surface area (Å²) in [5.41, 5.74) is 1.44. The molecule has 9 heteroatoms. The number of esters is 1. The first-order valence-electron chi connectivity index (χ1n) is 12.9. The second kappa shape index (κ2) is 10.8. The number of para-hydroxylation sites is 1. The number of hydrogen-bond donors (Lipinski definition) is 0. The summed E-state index contributed by atoms with van der Waals surface area (Å²) in [6.07, 6.45) is 1.03. The lowest BCUT2D eigenvalue weighted by atomic mass is 9.75. The summed E-state index contributed by atoms with van der Waals surface area (Å²) in [5, 5.41) is 0. The SMILES string of the molecule is COC(=O)C1(CC(=O)N(c2ccc(F)cc2)c2cccc(F)c2)CCN(C(=O)N2CCc3ccccc32)CC1. The van der Waals surface area contributed by atoms with E-state index in [2.05, 4.69) is 0 Å². The number of halogens is 2. The number of amides is 3. The average molecular weight is 534 g/mol. The summed E-state index contributed by atoms with van der Waals surface area (Å²) in [4.78, 5) is 45.0. The van der Waals surface area contributed by atoms with Crippen molar-refractivity contribution in [3.63, 3.8) is 0 Å². The number of fused-ring (bicyclic) bond motifs is 1. The molecule has 2 heterocycles. The maximum absolute atomic E-state index is 14.1. The van der Waals surface area contributed by atoms with Gasteiger partial charge in [0.05, 0.1) is 18.2 Å². The molecule has 3 aromatic rings. The molecule has 0 bridgehead atoms. The van der Waals surface area contributed by atoms with E-state index in [1.807, 2.05) is 24.3 Å². The molecule has 0 saturated carbocycles. The van der Waals surface area contributed by atoms with Gasteiger partial charge in [-0.15, -0.1) is 0 Å². The fourth-order valence-electron chi connectivity index (χ4n) is 5.51. The first kappa shape index (κ1) is 26.3. The van der Waals surface area contributed by atoms with Crippen LogP contribution in [-0.2, 0) is 20.7 Å². The fourth-order valence-corrected chi connectivity index (χ4v) is 5.51. The highest BCUT2D eigenvalue weighted by molar-refractivity contribution is 6.02. The molecule has 202 valence electrons. The van der Waals surface area contributed by atoms with E-state index in [1.54, 1.807) is 15.9 Å². The fraction of sp³-hybridized carbons (Fsp3) is 0.300. The molecule has 39 heavy (non-hydrogen) atoms. The molecular weight excluding hydrogens is 504 g/mol. The number of carbonyl (C=O) groups excluding carboxylic acids is 3. The van der Waals surface area contributed by atoms with Crippen LogP contribution in [0, 0.1) is 17.0 Å². The van der Waals surface area contributed by atoms with Gasteiger partial charge < -0.3 is 9.64 Å². The molecule has 5 rings (SSSR count). The zero-order valence-electron chi connectivity index (χ0n) is 21.6. The van der Waals surface area contributed by atoms with Crippen molar-refractivity contribution in [2.24, 2.45) is 5.41 Å². The molecule has 1 saturated heterocycles. The Kier molecular flexibility index (Phi) is 7.32. The van der Waals surface area contributed by atoms with Gasteiger partial charge in [0.25, 0.3) is 0 Å². The van der Waals surface area contributed by atoms with Gasteiger partial charge in [0.1, 0.15) is 11.6 Å². The molecule has 3 amide bonds. The normalized spacial score (nSPS) is 16.0. The minimum atomic E-state index is -1.17. The average Bonchev–Trinajstić information content (AvgIpc) is 3.38. The third-order valence-electron chi connectivity index (χ3n) is 7.62. The number of rotatable bonds is 5. The quantitative estimate of drug-likeness (QED) is 0.409. The third kappa shape index (κ3) is 5.21. The lowest BCUT2D eigenvalue weighted by Crippen LogP contribution is -2.52. The van der Waals surface area contributed by atoms with Crippen LogP contribution in [-0.4, -0.2) is 49.6 Å². The number of benzene rings is 3. The Labute approximate surface area is 225 Å². The number of anilines is 3. The number of ether oxygens (including phenoxy) is 1. The topological polar surface area (TPSA) is 70.2 Å². The van der Waals surface area contributed by atoms with Gasteiger partial charge in [0, 0.05) is 37.4 Å². The Balaban J connectivity index is 1.37. The zero-order valence-corrected chi connectivity index (χ0v) is 21.6. The highest BCUT2D eigenvalue weighted by Crippen LogP contribution is 2.40. The Morgan fingerprint density at radius 2 is 1.59 bits per heavy atom. The summed E-state index contributed by atoms with van der Waals surface area (Å²) < 4.78 is 32.9. The third-order valence-corrected chi connectivity index (χ3v) is 7.62. The van der Waals surface area contributed by atoms with Crippen LogP contribution >= 0.6 is 0 Å². The number of hydrogen-bond acceptors (Lipinski definition) is 4. The van der Waals surface area contributed by atoms with Gasteiger partial charge in [0.15, 0.2) is 0 Å². The number of nitrogens with zero attached hydrogens (tertiary/aromatic N) is 3. The van der Waals surface area contributed by atoms with E-state index in [0.717, 1.165) is 17.7 Å². The monoisotopic (exact) mass is 533 g/mol. The Morgan fingerprint density at radius 1 is 0.872 bits per heavy atom. The van der Waals surface area contributed by atoms with Crippen molar-refractivity contribution in [2.45, 2.75) is 25.7 Å². The molecule has 0 radical (unpaired) electrons. The summed E-state index contributed by atoms with van der Waals surface area (Å²) in [6, 6.07) is 18.5. The van der Waals surface area contributed by atoms with E-state index in [1.165, 1.54) is 54.5 Å². The molecule has 0 aliphatic carbocycles. The van der Waals surface area contributed by atoms with Crippen molar-refractivity contribution in [2.75, 3.05) is 36.5 Å². The van der Waals surface area contributed by atoms with Gasteiger partial charge in [-0.3, -0.25) is 19.4 Å². The van der Waals surface area contributed by atoms with Crippen LogP contribution in [0.5, 0.6) is 0 Å². The van der Waals surface area contributed by atoms with Crippen LogP contribution in [0.2, 0.25) is 0 Å². The van der Waals surface area contributed by atoms with Gasteiger partial charge in [-0.05, 0) is 73.4 Å². The molecular formula is C30H29F2N3O4. The maximum atomic E-state index is 14.1. The second-order valence-electron chi connectivity index (χ2n) is 9.93. The molecule has 0 unspecified atom stereocenters. The minimum Gasteiger partial charge on any atom is -0.469 e. The molecule has 2 aliphatic heterocycles. The molecule has 1 fully saturated rings. The lowest BCUT2D eigenvalue weighted by molar-refractivity contribution is -0.157. The molecule has 0 N–H and O–H groups in total. The number of urea groups is 1. The largest absolute Gasteiger partial charge is 0.469 e. The molecule has 3 aromatic carbocycles. The van der Waals surface area contributed by atoms with E-state index in [0.29, 0.717) is 12.2 Å². The maximum Gasteiger partial charge on any atom is 0.324 e.